The van der Waals surface area contributed by atoms with E-state index >= 15 is 0 Å². The molecular weight excluding hydrogens is 677 g/mol. The normalized spacial score (nSPS) is 14.1. The maximum atomic E-state index is 13.3. The second kappa shape index (κ2) is 12.4. The number of halogens is 3. The molecule has 3 aromatic carbocycles. The highest BCUT2D eigenvalue weighted by Gasteiger charge is 2.36. The number of imide groups is 1. The topological polar surface area (TPSA) is 118 Å². The smallest absolute Gasteiger partial charge is 0.332 e. The van der Waals surface area contributed by atoms with E-state index in [0.29, 0.717) is 31.9 Å². The molecule has 234 valence electrons. The highest BCUT2D eigenvalue weighted by atomic mass is 35.5. The molecule has 1 aliphatic rings. The average molecular weight is 699 g/mol. The van der Waals surface area contributed by atoms with Crippen molar-refractivity contribution < 1.29 is 19.1 Å². The van der Waals surface area contributed by atoms with Gasteiger partial charge in [-0.3, -0.25) is 28.1 Å². The summed E-state index contributed by atoms with van der Waals surface area (Å²) < 4.78 is 15.6. The Morgan fingerprint density at radius 2 is 1.65 bits per heavy atom. The summed E-state index contributed by atoms with van der Waals surface area (Å²) in [7, 11) is 4.32. The van der Waals surface area contributed by atoms with Crippen molar-refractivity contribution in [2.24, 2.45) is 14.1 Å². The fraction of sp³-hybridized carbons (Fsp3) is 0.129. The van der Waals surface area contributed by atoms with Gasteiger partial charge in [-0.05, 0) is 71.4 Å². The SMILES string of the molecule is COc1cc(/C=C2/SC(=O)N(c3cccc(Cl)c3)C2=O)ccc1Oc1nc2c(c(=O)n(C)c(=O)n2C)n1Cc1ccc(Cl)cc1Cl. The van der Waals surface area contributed by atoms with Crippen LogP contribution in [0.2, 0.25) is 15.1 Å². The van der Waals surface area contributed by atoms with E-state index in [0.717, 1.165) is 21.2 Å². The number of anilines is 1. The van der Waals surface area contributed by atoms with Crippen LogP contribution < -0.4 is 25.6 Å². The minimum Gasteiger partial charge on any atom is -0.493 e. The molecule has 5 aromatic rings. The molecule has 0 bridgehead atoms. The number of hydrogen-bond donors (Lipinski definition) is 0. The van der Waals surface area contributed by atoms with Crippen molar-refractivity contribution in [1.82, 2.24) is 18.7 Å². The van der Waals surface area contributed by atoms with Gasteiger partial charge in [0, 0.05) is 29.2 Å². The van der Waals surface area contributed by atoms with Crippen LogP contribution in [0.5, 0.6) is 17.5 Å². The number of thioether (sulfide) groups is 1. The number of fused-ring (bicyclic) bond motifs is 1. The molecule has 1 aliphatic heterocycles. The zero-order chi connectivity index (χ0) is 32.9. The Morgan fingerprint density at radius 3 is 2.37 bits per heavy atom. The average Bonchev–Trinajstić information content (AvgIpc) is 3.52. The molecule has 0 aliphatic carbocycles. The third kappa shape index (κ3) is 5.69. The van der Waals surface area contributed by atoms with Crippen LogP contribution in [-0.4, -0.2) is 36.9 Å². The van der Waals surface area contributed by atoms with Gasteiger partial charge in [0.15, 0.2) is 22.7 Å². The summed E-state index contributed by atoms with van der Waals surface area (Å²) in [4.78, 5) is 57.6. The summed E-state index contributed by atoms with van der Waals surface area (Å²) in [5.41, 5.74) is 0.656. The third-order valence-electron chi connectivity index (χ3n) is 7.20. The largest absolute Gasteiger partial charge is 0.493 e. The maximum absolute atomic E-state index is 13.3. The number of aryl methyl sites for hydroxylation is 1. The lowest BCUT2D eigenvalue weighted by Gasteiger charge is -2.14. The van der Waals surface area contributed by atoms with Crippen LogP contribution in [0.1, 0.15) is 11.1 Å². The van der Waals surface area contributed by atoms with Crippen molar-refractivity contribution in [3.8, 4) is 17.5 Å². The van der Waals surface area contributed by atoms with E-state index < -0.39 is 22.4 Å². The van der Waals surface area contributed by atoms with Crippen LogP contribution in [0, 0.1) is 0 Å². The van der Waals surface area contributed by atoms with Crippen molar-refractivity contribution in [2.75, 3.05) is 12.0 Å². The molecule has 2 amide bonds. The molecule has 46 heavy (non-hydrogen) atoms. The van der Waals surface area contributed by atoms with E-state index in [9.17, 15) is 19.2 Å². The fourth-order valence-corrected chi connectivity index (χ4v) is 6.38. The quantitative estimate of drug-likeness (QED) is 0.177. The number of nitrogens with zero attached hydrogens (tertiary/aromatic N) is 5. The van der Waals surface area contributed by atoms with E-state index in [2.05, 4.69) is 4.98 Å². The Labute approximate surface area is 280 Å². The minimum absolute atomic E-state index is 0.00647. The van der Waals surface area contributed by atoms with E-state index in [1.54, 1.807) is 60.7 Å². The van der Waals surface area contributed by atoms with Gasteiger partial charge in [-0.25, -0.2) is 9.69 Å². The predicted molar refractivity (Wildman–Crippen MR) is 179 cm³/mol. The molecule has 15 heteroatoms. The molecular formula is C31H22Cl3N5O6S. The highest BCUT2D eigenvalue weighted by Crippen LogP contribution is 2.39. The van der Waals surface area contributed by atoms with E-state index in [1.807, 2.05) is 0 Å². The number of amides is 2. The van der Waals surface area contributed by atoms with Gasteiger partial charge in [0.2, 0.25) is 0 Å². The summed E-state index contributed by atoms with van der Waals surface area (Å²) >= 11 is 19.4. The molecule has 0 N–H and O–H groups in total. The summed E-state index contributed by atoms with van der Waals surface area (Å²) in [5.74, 6) is 0.0124. The van der Waals surface area contributed by atoms with E-state index in [4.69, 9.17) is 44.3 Å². The first-order valence-corrected chi connectivity index (χ1v) is 15.4. The Balaban J connectivity index is 1.38. The fourth-order valence-electron chi connectivity index (χ4n) is 4.88. The van der Waals surface area contributed by atoms with Crippen LogP contribution in [0.25, 0.3) is 17.2 Å². The minimum atomic E-state index is -0.570. The zero-order valence-electron chi connectivity index (χ0n) is 24.3. The van der Waals surface area contributed by atoms with Gasteiger partial charge < -0.3 is 9.47 Å². The predicted octanol–water partition coefficient (Wildman–Crippen LogP) is 6.48. The highest BCUT2D eigenvalue weighted by molar-refractivity contribution is 8.19. The van der Waals surface area contributed by atoms with Crippen LogP contribution in [0.3, 0.4) is 0 Å². The van der Waals surface area contributed by atoms with Crippen LogP contribution in [0.15, 0.2) is 75.2 Å². The number of imidazole rings is 1. The number of rotatable bonds is 7. The number of benzene rings is 3. The molecule has 11 nitrogen and oxygen atoms in total. The molecule has 6 rings (SSSR count). The maximum Gasteiger partial charge on any atom is 0.332 e. The third-order valence-corrected chi connectivity index (χ3v) is 8.89. The van der Waals surface area contributed by atoms with Gasteiger partial charge in [-0.2, -0.15) is 4.98 Å². The van der Waals surface area contributed by atoms with Crippen LogP contribution >= 0.6 is 46.6 Å². The molecule has 0 atom stereocenters. The van der Waals surface area contributed by atoms with Crippen LogP contribution in [-0.2, 0) is 25.4 Å². The molecule has 0 spiro atoms. The standard InChI is InChI=1S/C31H22Cl3N5O6S/c1-36-26-25(28(41)37(2)30(36)42)38(15-17-8-9-19(33)14-21(17)34)29(35-26)45-22-10-7-16(11-23(22)44-3)12-24-27(40)39(31(43)46-24)20-6-4-5-18(32)13-20/h4-14H,15H2,1-3H3/b24-12+. The number of hydrogen-bond acceptors (Lipinski definition) is 8. The molecule has 1 saturated heterocycles. The molecule has 0 saturated carbocycles. The van der Waals surface area contributed by atoms with Crippen molar-refractivity contribution in [1.29, 1.82) is 0 Å². The Hall–Kier alpha value is -4.49. The number of aromatic nitrogens is 4. The lowest BCUT2D eigenvalue weighted by atomic mass is 10.2. The number of ether oxygens (including phenoxy) is 2. The van der Waals surface area contributed by atoms with Crippen molar-refractivity contribution in [3.05, 3.63) is 113 Å². The molecule has 0 radical (unpaired) electrons. The Morgan fingerprint density at radius 1 is 0.891 bits per heavy atom. The Bertz CT molecular complexity index is 2240. The van der Waals surface area contributed by atoms with Crippen molar-refractivity contribution in [2.45, 2.75) is 6.54 Å². The van der Waals surface area contributed by atoms with Crippen molar-refractivity contribution in [3.63, 3.8) is 0 Å². The first-order chi connectivity index (χ1) is 22.0. The first kappa shape index (κ1) is 31.5. The number of carbonyl (C=O) groups excluding carboxylic acids is 2. The number of carbonyl (C=O) groups is 2. The molecule has 2 aromatic heterocycles. The first-order valence-electron chi connectivity index (χ1n) is 13.5. The Kier molecular flexibility index (Phi) is 8.47. The van der Waals surface area contributed by atoms with Crippen LogP contribution in [0.4, 0.5) is 10.5 Å². The number of methoxy groups -OCH3 is 1. The van der Waals surface area contributed by atoms with Gasteiger partial charge >= 0.3 is 11.7 Å². The van der Waals surface area contributed by atoms with Gasteiger partial charge in [0.25, 0.3) is 16.7 Å². The van der Waals surface area contributed by atoms with E-state index in [1.165, 1.54) is 36.4 Å². The van der Waals surface area contributed by atoms with Gasteiger partial charge in [0.1, 0.15) is 0 Å². The lowest BCUT2D eigenvalue weighted by molar-refractivity contribution is -0.113. The van der Waals surface area contributed by atoms with Crippen molar-refractivity contribution >= 4 is 80.6 Å². The molecule has 3 heterocycles. The second-order valence-corrected chi connectivity index (χ2v) is 12.4. The second-order valence-electron chi connectivity index (χ2n) is 10.1. The van der Waals surface area contributed by atoms with Gasteiger partial charge in [0.05, 0.1) is 24.2 Å². The summed E-state index contributed by atoms with van der Waals surface area (Å²) in [6.45, 7) is 0.0677. The molecule has 0 unspecified atom stereocenters. The lowest BCUT2D eigenvalue weighted by Crippen LogP contribution is -2.37. The monoisotopic (exact) mass is 697 g/mol. The zero-order valence-corrected chi connectivity index (χ0v) is 27.4. The van der Waals surface area contributed by atoms with Gasteiger partial charge in [-0.1, -0.05) is 53.0 Å². The summed E-state index contributed by atoms with van der Waals surface area (Å²) in [6, 6.07) is 16.3. The summed E-state index contributed by atoms with van der Waals surface area (Å²) in [5, 5.41) is 0.751. The van der Waals surface area contributed by atoms with E-state index in [-0.39, 0.29) is 40.1 Å². The molecule has 1 fully saturated rings. The summed E-state index contributed by atoms with van der Waals surface area (Å²) in [6.07, 6.45) is 1.57. The van der Waals surface area contributed by atoms with Gasteiger partial charge in [-0.15, -0.1) is 0 Å².